The minimum atomic E-state index is -1.09. The molecule has 0 radical (unpaired) electrons. The standard InChI is InChI=1S/C28H25F2N5O3/c29-21-5-7-22(8-6-21)35-26-23(15-32-35)27(36)34(18-31-26)17-28(37)9-11-33(12-10-28)16-20-4-3-19(14-24(20)30)25-2-1-13-38-25/h1-8,13-15,18,37H,9-12,16-17H2. The molecule has 1 fully saturated rings. The molecule has 6 rings (SSSR count). The van der Waals surface area contributed by atoms with E-state index in [-0.39, 0.29) is 23.7 Å². The van der Waals surface area contributed by atoms with Crippen molar-refractivity contribution in [2.24, 2.45) is 0 Å². The number of hydrogen-bond donors (Lipinski definition) is 1. The summed E-state index contributed by atoms with van der Waals surface area (Å²) in [4.78, 5) is 19.6. The van der Waals surface area contributed by atoms with Crippen molar-refractivity contribution in [3.05, 3.63) is 101 Å². The Kier molecular flexibility index (Phi) is 6.13. The second kappa shape index (κ2) is 9.62. The highest BCUT2D eigenvalue weighted by Gasteiger charge is 2.33. The van der Waals surface area contributed by atoms with Gasteiger partial charge in [-0.3, -0.25) is 14.3 Å². The van der Waals surface area contributed by atoms with Gasteiger partial charge in [-0.05, 0) is 55.3 Å². The van der Waals surface area contributed by atoms with Crippen molar-refractivity contribution in [3.8, 4) is 17.0 Å². The van der Waals surface area contributed by atoms with E-state index in [1.165, 1.54) is 40.0 Å². The smallest absolute Gasteiger partial charge is 0.264 e. The fourth-order valence-electron chi connectivity index (χ4n) is 4.95. The SMILES string of the molecule is O=c1c2cnn(-c3ccc(F)cc3)c2ncn1CC1(O)CCN(Cc2ccc(-c3ccco3)cc2F)CC1. The summed E-state index contributed by atoms with van der Waals surface area (Å²) in [6.45, 7) is 1.64. The van der Waals surface area contributed by atoms with Gasteiger partial charge in [0.1, 0.15) is 29.1 Å². The third-order valence-corrected chi connectivity index (χ3v) is 7.13. The maximum Gasteiger partial charge on any atom is 0.264 e. The van der Waals surface area contributed by atoms with E-state index in [4.69, 9.17) is 4.42 Å². The van der Waals surface area contributed by atoms with Crippen molar-refractivity contribution in [3.63, 3.8) is 0 Å². The van der Waals surface area contributed by atoms with E-state index < -0.39 is 5.60 Å². The van der Waals surface area contributed by atoms with E-state index in [0.29, 0.717) is 66.1 Å². The van der Waals surface area contributed by atoms with Gasteiger partial charge < -0.3 is 9.52 Å². The zero-order valence-corrected chi connectivity index (χ0v) is 20.4. The van der Waals surface area contributed by atoms with E-state index in [1.807, 2.05) is 6.07 Å². The molecule has 4 heterocycles. The van der Waals surface area contributed by atoms with Crippen LogP contribution in [-0.2, 0) is 13.1 Å². The molecule has 1 aliphatic rings. The van der Waals surface area contributed by atoms with Crippen LogP contribution in [-0.4, -0.2) is 48.0 Å². The number of nitrogens with zero attached hydrogens (tertiary/aromatic N) is 5. The quantitative estimate of drug-likeness (QED) is 0.364. The molecular formula is C28H25F2N5O3. The molecule has 10 heteroatoms. The number of hydrogen-bond acceptors (Lipinski definition) is 6. The van der Waals surface area contributed by atoms with Gasteiger partial charge in [0.15, 0.2) is 5.65 Å². The van der Waals surface area contributed by atoms with Gasteiger partial charge in [0.05, 0.1) is 30.3 Å². The van der Waals surface area contributed by atoms with Gasteiger partial charge in [-0.15, -0.1) is 0 Å². The second-order valence-corrected chi connectivity index (χ2v) is 9.73. The van der Waals surface area contributed by atoms with Crippen molar-refractivity contribution in [1.82, 2.24) is 24.2 Å². The molecule has 0 bridgehead atoms. The molecule has 0 spiro atoms. The lowest BCUT2D eigenvalue weighted by Gasteiger charge is -2.38. The number of fused-ring (bicyclic) bond motifs is 1. The van der Waals surface area contributed by atoms with Gasteiger partial charge in [-0.25, -0.2) is 18.4 Å². The summed E-state index contributed by atoms with van der Waals surface area (Å²) in [7, 11) is 0. The van der Waals surface area contributed by atoms with Gasteiger partial charge in [0.25, 0.3) is 5.56 Å². The van der Waals surface area contributed by atoms with Crippen LogP contribution >= 0.6 is 0 Å². The number of furan rings is 1. The highest BCUT2D eigenvalue weighted by atomic mass is 19.1. The van der Waals surface area contributed by atoms with Crippen molar-refractivity contribution >= 4 is 11.0 Å². The number of benzene rings is 2. The first-order valence-corrected chi connectivity index (χ1v) is 12.3. The summed E-state index contributed by atoms with van der Waals surface area (Å²) in [5.41, 5.74) is 0.810. The Bertz CT molecular complexity index is 1640. The van der Waals surface area contributed by atoms with Crippen LogP contribution in [0.4, 0.5) is 8.78 Å². The molecule has 3 aromatic heterocycles. The van der Waals surface area contributed by atoms with Crippen LogP contribution < -0.4 is 5.56 Å². The molecule has 8 nitrogen and oxygen atoms in total. The minimum Gasteiger partial charge on any atom is -0.464 e. The van der Waals surface area contributed by atoms with E-state index in [2.05, 4.69) is 15.0 Å². The van der Waals surface area contributed by atoms with E-state index in [9.17, 15) is 18.7 Å². The molecule has 0 unspecified atom stereocenters. The average Bonchev–Trinajstić information content (AvgIpc) is 3.60. The summed E-state index contributed by atoms with van der Waals surface area (Å²) in [5, 5.41) is 15.8. The predicted octanol–water partition coefficient (Wildman–Crippen LogP) is 4.15. The Morgan fingerprint density at radius 3 is 2.55 bits per heavy atom. The number of likely N-dealkylation sites (tertiary alicyclic amines) is 1. The maximum absolute atomic E-state index is 14.8. The lowest BCUT2D eigenvalue weighted by atomic mass is 9.91. The number of halogens is 2. The number of aromatic nitrogens is 4. The van der Waals surface area contributed by atoms with Gasteiger partial charge in [0.2, 0.25) is 0 Å². The first-order chi connectivity index (χ1) is 18.4. The largest absolute Gasteiger partial charge is 0.464 e. The van der Waals surface area contributed by atoms with Crippen LogP contribution in [0.3, 0.4) is 0 Å². The first kappa shape index (κ1) is 24.2. The van der Waals surface area contributed by atoms with Crippen LogP contribution in [0, 0.1) is 11.6 Å². The number of rotatable bonds is 6. The fourth-order valence-corrected chi connectivity index (χ4v) is 4.95. The lowest BCUT2D eigenvalue weighted by molar-refractivity contribution is -0.0366. The Morgan fingerprint density at radius 1 is 1.05 bits per heavy atom. The Balaban J connectivity index is 1.13. The van der Waals surface area contributed by atoms with Crippen LogP contribution in [0.15, 0.2) is 82.6 Å². The molecular weight excluding hydrogens is 492 g/mol. The number of piperidine rings is 1. The van der Waals surface area contributed by atoms with Gasteiger partial charge in [-0.2, -0.15) is 5.10 Å². The summed E-state index contributed by atoms with van der Waals surface area (Å²) in [6, 6.07) is 14.4. The summed E-state index contributed by atoms with van der Waals surface area (Å²) < 4.78 is 36.3. The fraction of sp³-hybridized carbons (Fsp3) is 0.250. The highest BCUT2D eigenvalue weighted by molar-refractivity contribution is 5.74. The van der Waals surface area contributed by atoms with Crippen molar-refractivity contribution in [2.75, 3.05) is 13.1 Å². The molecule has 194 valence electrons. The van der Waals surface area contributed by atoms with Gasteiger partial charge >= 0.3 is 0 Å². The molecule has 0 amide bonds. The third-order valence-electron chi connectivity index (χ3n) is 7.13. The summed E-state index contributed by atoms with van der Waals surface area (Å²) in [6.07, 6.45) is 5.26. The molecule has 5 aromatic rings. The molecule has 2 aromatic carbocycles. The minimum absolute atomic E-state index is 0.0938. The van der Waals surface area contributed by atoms with Crippen molar-refractivity contribution < 1.29 is 18.3 Å². The average molecular weight is 518 g/mol. The topological polar surface area (TPSA) is 89.3 Å². The predicted molar refractivity (Wildman–Crippen MR) is 137 cm³/mol. The Hall–Kier alpha value is -4.15. The van der Waals surface area contributed by atoms with Gasteiger partial charge in [0, 0.05) is 30.8 Å². The molecule has 1 saturated heterocycles. The lowest BCUT2D eigenvalue weighted by Crippen LogP contribution is -2.47. The first-order valence-electron chi connectivity index (χ1n) is 12.3. The zero-order chi connectivity index (χ0) is 26.3. The molecule has 38 heavy (non-hydrogen) atoms. The molecule has 0 aliphatic carbocycles. The van der Waals surface area contributed by atoms with Crippen molar-refractivity contribution in [2.45, 2.75) is 31.5 Å². The maximum atomic E-state index is 14.8. The van der Waals surface area contributed by atoms with Crippen molar-refractivity contribution in [1.29, 1.82) is 0 Å². The molecule has 1 aliphatic heterocycles. The molecule has 0 atom stereocenters. The van der Waals surface area contributed by atoms with Crippen LogP contribution in [0.25, 0.3) is 28.0 Å². The molecule has 1 N–H and O–H groups in total. The Morgan fingerprint density at radius 2 is 1.84 bits per heavy atom. The summed E-state index contributed by atoms with van der Waals surface area (Å²) in [5.74, 6) is -0.0519. The second-order valence-electron chi connectivity index (χ2n) is 9.73. The van der Waals surface area contributed by atoms with Crippen LogP contribution in [0.5, 0.6) is 0 Å². The summed E-state index contributed by atoms with van der Waals surface area (Å²) >= 11 is 0. The third kappa shape index (κ3) is 4.64. The van der Waals surface area contributed by atoms with Crippen LogP contribution in [0.1, 0.15) is 18.4 Å². The van der Waals surface area contributed by atoms with E-state index >= 15 is 0 Å². The van der Waals surface area contributed by atoms with Crippen LogP contribution in [0.2, 0.25) is 0 Å². The molecule has 0 saturated carbocycles. The monoisotopic (exact) mass is 517 g/mol. The highest BCUT2D eigenvalue weighted by Crippen LogP contribution is 2.27. The van der Waals surface area contributed by atoms with E-state index in [0.717, 1.165) is 0 Å². The zero-order valence-electron chi connectivity index (χ0n) is 20.4. The number of aliphatic hydroxyl groups is 1. The van der Waals surface area contributed by atoms with E-state index in [1.54, 1.807) is 36.6 Å². The normalized spacial score (nSPS) is 15.8. The Labute approximate surface area is 216 Å². The van der Waals surface area contributed by atoms with Gasteiger partial charge in [-0.1, -0.05) is 12.1 Å².